The third-order valence-electron chi connectivity index (χ3n) is 4.14. The van der Waals surface area contributed by atoms with E-state index in [-0.39, 0.29) is 25.1 Å². The quantitative estimate of drug-likeness (QED) is 0.186. The molecule has 0 radical (unpaired) electrons. The van der Waals surface area contributed by atoms with Crippen LogP contribution in [0.25, 0.3) is 0 Å². The molecule has 0 spiro atoms. The lowest BCUT2D eigenvalue weighted by molar-refractivity contribution is -0.150. The molecule has 0 aliphatic heterocycles. The van der Waals surface area contributed by atoms with Crippen molar-refractivity contribution in [2.24, 2.45) is 5.92 Å². The van der Waals surface area contributed by atoms with E-state index in [2.05, 4.69) is 11.7 Å². The van der Waals surface area contributed by atoms with Crippen molar-refractivity contribution in [1.29, 1.82) is 0 Å². The first-order valence-electron chi connectivity index (χ1n) is 10.8. The van der Waals surface area contributed by atoms with E-state index in [0.717, 1.165) is 25.7 Å². The van der Waals surface area contributed by atoms with Gasteiger partial charge in [-0.3, -0.25) is 4.79 Å². The molecule has 1 unspecified atom stereocenters. The van der Waals surface area contributed by atoms with Crippen LogP contribution in [0.2, 0.25) is 0 Å². The number of methoxy groups -OCH3 is 1. The fraction of sp³-hybridized carbons (Fsp3) is 0.905. The monoisotopic (exact) mass is 436 g/mol. The van der Waals surface area contributed by atoms with Gasteiger partial charge in [0, 0.05) is 0 Å². The van der Waals surface area contributed by atoms with E-state index in [9.17, 15) is 9.59 Å². The van der Waals surface area contributed by atoms with Crippen LogP contribution in [0.15, 0.2) is 0 Å². The van der Waals surface area contributed by atoms with Crippen molar-refractivity contribution in [2.75, 3.05) is 79.8 Å². The summed E-state index contributed by atoms with van der Waals surface area (Å²) in [6.07, 6.45) is 3.83. The Kier molecular flexibility index (Phi) is 21.5. The molecular formula is C21H40O9. The minimum atomic E-state index is -0.407. The zero-order valence-corrected chi connectivity index (χ0v) is 18.9. The molecule has 9 heteroatoms. The SMILES string of the molecule is CCCCC(CC)C(=O)OCCOCCOCCOCCOCCOCC(=O)OC. The average Bonchev–Trinajstić information content (AvgIpc) is 2.76. The summed E-state index contributed by atoms with van der Waals surface area (Å²) in [4.78, 5) is 22.7. The van der Waals surface area contributed by atoms with Gasteiger partial charge in [-0.05, 0) is 12.8 Å². The number of esters is 2. The van der Waals surface area contributed by atoms with Gasteiger partial charge >= 0.3 is 11.9 Å². The molecule has 0 amide bonds. The van der Waals surface area contributed by atoms with Crippen molar-refractivity contribution in [3.8, 4) is 0 Å². The molecule has 0 saturated carbocycles. The largest absolute Gasteiger partial charge is 0.467 e. The topological polar surface area (TPSA) is 98.8 Å². The molecular weight excluding hydrogens is 396 g/mol. The highest BCUT2D eigenvalue weighted by molar-refractivity contribution is 5.72. The van der Waals surface area contributed by atoms with E-state index in [1.807, 2.05) is 6.92 Å². The van der Waals surface area contributed by atoms with Crippen LogP contribution in [-0.4, -0.2) is 91.7 Å². The van der Waals surface area contributed by atoms with E-state index >= 15 is 0 Å². The van der Waals surface area contributed by atoms with Crippen LogP contribution in [-0.2, 0) is 42.7 Å². The second-order valence-corrected chi connectivity index (χ2v) is 6.49. The first-order chi connectivity index (χ1) is 14.7. The third kappa shape index (κ3) is 18.7. The van der Waals surface area contributed by atoms with Gasteiger partial charge in [-0.1, -0.05) is 26.7 Å². The molecule has 0 aromatic rings. The number of carbonyl (C=O) groups excluding carboxylic acids is 2. The maximum Gasteiger partial charge on any atom is 0.331 e. The van der Waals surface area contributed by atoms with Crippen molar-refractivity contribution in [2.45, 2.75) is 39.5 Å². The second-order valence-electron chi connectivity index (χ2n) is 6.49. The number of carbonyl (C=O) groups is 2. The Balaban J connectivity index is 3.26. The minimum absolute atomic E-state index is 0.00131. The van der Waals surface area contributed by atoms with Crippen molar-refractivity contribution >= 4 is 11.9 Å². The highest BCUT2D eigenvalue weighted by Gasteiger charge is 2.16. The van der Waals surface area contributed by atoms with Gasteiger partial charge in [0.1, 0.15) is 13.2 Å². The fourth-order valence-electron chi connectivity index (χ4n) is 2.35. The van der Waals surface area contributed by atoms with Crippen molar-refractivity contribution in [3.63, 3.8) is 0 Å². The summed E-state index contributed by atoms with van der Waals surface area (Å²) in [6, 6.07) is 0. The molecule has 0 aromatic carbocycles. The molecule has 0 aliphatic carbocycles. The first-order valence-corrected chi connectivity index (χ1v) is 10.8. The summed E-state index contributed by atoms with van der Waals surface area (Å²) in [6.45, 7) is 8.17. The molecule has 0 rings (SSSR count). The molecule has 0 fully saturated rings. The van der Waals surface area contributed by atoms with Crippen LogP contribution < -0.4 is 0 Å². The molecule has 0 N–H and O–H groups in total. The Morgan fingerprint density at radius 3 is 1.60 bits per heavy atom. The summed E-state index contributed by atoms with van der Waals surface area (Å²) in [5.74, 6) is -0.533. The normalized spacial score (nSPS) is 12.0. The van der Waals surface area contributed by atoms with Crippen LogP contribution in [0.5, 0.6) is 0 Å². The van der Waals surface area contributed by atoms with Crippen molar-refractivity contribution in [3.05, 3.63) is 0 Å². The number of hydrogen-bond acceptors (Lipinski definition) is 9. The molecule has 0 bridgehead atoms. The highest BCUT2D eigenvalue weighted by atomic mass is 16.6. The molecule has 30 heavy (non-hydrogen) atoms. The number of ether oxygens (including phenoxy) is 7. The third-order valence-corrected chi connectivity index (χ3v) is 4.14. The number of hydrogen-bond donors (Lipinski definition) is 0. The van der Waals surface area contributed by atoms with E-state index < -0.39 is 5.97 Å². The Morgan fingerprint density at radius 2 is 1.17 bits per heavy atom. The predicted octanol–water partition coefficient (Wildman–Crippen LogP) is 2.00. The van der Waals surface area contributed by atoms with Crippen LogP contribution in [0, 0.1) is 5.92 Å². The van der Waals surface area contributed by atoms with Crippen LogP contribution in [0.3, 0.4) is 0 Å². The van der Waals surface area contributed by atoms with Crippen LogP contribution in [0.4, 0.5) is 0 Å². The van der Waals surface area contributed by atoms with Crippen LogP contribution in [0.1, 0.15) is 39.5 Å². The summed E-state index contributed by atoms with van der Waals surface area (Å²) in [5.41, 5.74) is 0. The fourth-order valence-corrected chi connectivity index (χ4v) is 2.35. The predicted molar refractivity (Wildman–Crippen MR) is 110 cm³/mol. The van der Waals surface area contributed by atoms with Gasteiger partial charge in [0.25, 0.3) is 0 Å². The Labute approximate surface area is 180 Å². The van der Waals surface area contributed by atoms with Gasteiger partial charge in [-0.15, -0.1) is 0 Å². The number of rotatable bonds is 22. The lowest BCUT2D eigenvalue weighted by Gasteiger charge is -2.13. The molecule has 1 atom stereocenters. The van der Waals surface area contributed by atoms with Gasteiger partial charge in [0.05, 0.1) is 72.5 Å². The summed E-state index contributed by atoms with van der Waals surface area (Å²) in [5, 5.41) is 0. The first kappa shape index (κ1) is 28.7. The lowest BCUT2D eigenvalue weighted by Crippen LogP contribution is -2.20. The molecule has 0 aromatic heterocycles. The zero-order chi connectivity index (χ0) is 22.3. The van der Waals surface area contributed by atoms with E-state index in [0.29, 0.717) is 59.5 Å². The maximum atomic E-state index is 11.9. The maximum absolute atomic E-state index is 11.9. The standard InChI is InChI=1S/C21H40O9/c1-4-6-7-19(5-2)21(23)30-17-16-28-13-12-26-9-8-25-10-11-27-14-15-29-18-20(22)24-3/h19H,4-18H2,1-3H3. The van der Waals surface area contributed by atoms with E-state index in [1.165, 1.54) is 7.11 Å². The Hall–Kier alpha value is -1.26. The van der Waals surface area contributed by atoms with E-state index in [1.54, 1.807) is 0 Å². The van der Waals surface area contributed by atoms with Crippen LogP contribution >= 0.6 is 0 Å². The van der Waals surface area contributed by atoms with E-state index in [4.69, 9.17) is 28.4 Å². The molecule has 9 nitrogen and oxygen atoms in total. The van der Waals surface area contributed by atoms with Gasteiger partial charge in [-0.25, -0.2) is 4.79 Å². The smallest absolute Gasteiger partial charge is 0.331 e. The van der Waals surface area contributed by atoms with Gasteiger partial charge < -0.3 is 33.2 Å². The summed E-state index contributed by atoms with van der Waals surface area (Å²) >= 11 is 0. The average molecular weight is 437 g/mol. The van der Waals surface area contributed by atoms with Gasteiger partial charge in [0.15, 0.2) is 0 Å². The number of unbranched alkanes of at least 4 members (excludes halogenated alkanes) is 1. The minimum Gasteiger partial charge on any atom is -0.467 e. The summed E-state index contributed by atoms with van der Waals surface area (Å²) in [7, 11) is 1.31. The van der Waals surface area contributed by atoms with Crippen molar-refractivity contribution in [1.82, 2.24) is 0 Å². The summed E-state index contributed by atoms with van der Waals surface area (Å²) < 4.78 is 36.2. The Morgan fingerprint density at radius 1 is 0.700 bits per heavy atom. The second kappa shape index (κ2) is 22.4. The molecule has 0 heterocycles. The molecule has 178 valence electrons. The van der Waals surface area contributed by atoms with Gasteiger partial charge in [-0.2, -0.15) is 0 Å². The lowest BCUT2D eigenvalue weighted by atomic mass is 10.00. The highest BCUT2D eigenvalue weighted by Crippen LogP contribution is 2.14. The molecule has 0 aliphatic rings. The van der Waals surface area contributed by atoms with Crippen molar-refractivity contribution < 1.29 is 42.7 Å². The van der Waals surface area contributed by atoms with Gasteiger partial charge in [0.2, 0.25) is 0 Å². The zero-order valence-electron chi connectivity index (χ0n) is 18.9. The molecule has 0 saturated heterocycles. The Bertz CT molecular complexity index is 404.